The number of aryl methyl sites for hydroxylation is 1. The number of nitrogens with zero attached hydrogens (tertiary/aromatic N) is 1. The van der Waals surface area contributed by atoms with E-state index in [0.29, 0.717) is 16.1 Å². The molecule has 1 aromatic carbocycles. The molecule has 3 nitrogen and oxygen atoms in total. The molecule has 90 valence electrons. The van der Waals surface area contributed by atoms with Gasteiger partial charge in [-0.1, -0.05) is 12.1 Å². The molecule has 0 radical (unpaired) electrons. The molecule has 0 atom stereocenters. The molecule has 2 aromatic rings. The zero-order valence-electron chi connectivity index (χ0n) is 9.53. The van der Waals surface area contributed by atoms with Gasteiger partial charge >= 0.3 is 0 Å². The molecular weight excluding hydrogens is 251 g/mol. The van der Waals surface area contributed by atoms with E-state index in [0.717, 1.165) is 0 Å². The van der Waals surface area contributed by atoms with E-state index in [-0.39, 0.29) is 5.56 Å². The molecule has 0 saturated heterocycles. The fourth-order valence-corrected chi connectivity index (χ4v) is 2.22. The fraction of sp³-hybridized carbons (Fsp3) is 0.0769. The Morgan fingerprint density at radius 2 is 2.22 bits per heavy atom. The van der Waals surface area contributed by atoms with Gasteiger partial charge in [0.1, 0.15) is 16.9 Å². The van der Waals surface area contributed by atoms with Crippen molar-refractivity contribution in [2.75, 3.05) is 5.32 Å². The number of hydrogen-bond acceptors (Lipinski definition) is 3. The van der Waals surface area contributed by atoms with E-state index in [9.17, 15) is 9.18 Å². The van der Waals surface area contributed by atoms with Gasteiger partial charge < -0.3 is 5.32 Å². The number of nitriles is 1. The van der Waals surface area contributed by atoms with Crippen LogP contribution in [0.25, 0.3) is 0 Å². The topological polar surface area (TPSA) is 52.9 Å². The van der Waals surface area contributed by atoms with Crippen LogP contribution < -0.4 is 5.32 Å². The Labute approximate surface area is 107 Å². The zero-order valence-corrected chi connectivity index (χ0v) is 10.3. The largest absolute Gasteiger partial charge is 0.312 e. The SMILES string of the molecule is Cc1cccc(C(=O)Nc2sccc2C#N)c1F. The number of hydrogen-bond donors (Lipinski definition) is 1. The summed E-state index contributed by atoms with van der Waals surface area (Å²) in [5.41, 5.74) is 0.767. The second-order valence-electron chi connectivity index (χ2n) is 3.67. The normalized spacial score (nSPS) is 9.83. The highest BCUT2D eigenvalue weighted by atomic mass is 32.1. The van der Waals surface area contributed by atoms with Crippen LogP contribution >= 0.6 is 11.3 Å². The van der Waals surface area contributed by atoms with Crippen molar-refractivity contribution in [3.63, 3.8) is 0 Å². The molecule has 2 rings (SSSR count). The van der Waals surface area contributed by atoms with E-state index < -0.39 is 11.7 Å². The van der Waals surface area contributed by atoms with Crippen molar-refractivity contribution in [1.29, 1.82) is 5.26 Å². The van der Waals surface area contributed by atoms with Gasteiger partial charge in [0.25, 0.3) is 5.91 Å². The zero-order chi connectivity index (χ0) is 13.1. The number of benzene rings is 1. The molecule has 0 saturated carbocycles. The Balaban J connectivity index is 2.29. The molecule has 0 bridgehead atoms. The third kappa shape index (κ3) is 2.24. The molecule has 0 spiro atoms. The maximum Gasteiger partial charge on any atom is 0.259 e. The maximum atomic E-state index is 13.7. The number of anilines is 1. The van der Waals surface area contributed by atoms with E-state index in [1.807, 2.05) is 6.07 Å². The molecule has 0 aliphatic carbocycles. The van der Waals surface area contributed by atoms with Gasteiger partial charge in [0.2, 0.25) is 0 Å². The number of carbonyl (C=O) groups excluding carboxylic acids is 1. The van der Waals surface area contributed by atoms with Crippen molar-refractivity contribution in [2.24, 2.45) is 0 Å². The molecule has 5 heteroatoms. The van der Waals surface area contributed by atoms with Gasteiger partial charge in [-0.05, 0) is 30.0 Å². The second kappa shape index (κ2) is 4.98. The van der Waals surface area contributed by atoms with Crippen molar-refractivity contribution < 1.29 is 9.18 Å². The van der Waals surface area contributed by atoms with Crippen molar-refractivity contribution in [3.05, 3.63) is 52.2 Å². The van der Waals surface area contributed by atoms with Crippen molar-refractivity contribution in [1.82, 2.24) is 0 Å². The summed E-state index contributed by atoms with van der Waals surface area (Å²) in [5.74, 6) is -1.08. The number of thiophene rings is 1. The van der Waals surface area contributed by atoms with Crippen molar-refractivity contribution >= 4 is 22.2 Å². The summed E-state index contributed by atoms with van der Waals surface area (Å²) in [6.45, 7) is 1.60. The van der Waals surface area contributed by atoms with Gasteiger partial charge in [0.05, 0.1) is 11.1 Å². The lowest BCUT2D eigenvalue weighted by Crippen LogP contribution is -2.14. The standard InChI is InChI=1S/C13H9FN2OS/c1-8-3-2-4-10(11(8)14)12(17)16-13-9(7-15)5-6-18-13/h2-6H,1H3,(H,16,17). The van der Waals surface area contributed by atoms with E-state index in [1.165, 1.54) is 17.4 Å². The minimum absolute atomic E-state index is 0.0210. The summed E-state index contributed by atoms with van der Waals surface area (Å²) < 4.78 is 13.7. The van der Waals surface area contributed by atoms with Crippen LogP contribution in [0.3, 0.4) is 0 Å². The summed E-state index contributed by atoms with van der Waals surface area (Å²) in [4.78, 5) is 11.9. The molecule has 0 fully saturated rings. The van der Waals surface area contributed by atoms with Crippen LogP contribution in [0.15, 0.2) is 29.6 Å². The molecule has 0 unspecified atom stereocenters. The number of halogens is 1. The molecule has 0 aliphatic heterocycles. The second-order valence-corrected chi connectivity index (χ2v) is 4.58. The summed E-state index contributed by atoms with van der Waals surface area (Å²) in [7, 11) is 0. The van der Waals surface area contributed by atoms with Gasteiger partial charge in [0, 0.05) is 0 Å². The number of carbonyl (C=O) groups is 1. The lowest BCUT2D eigenvalue weighted by molar-refractivity contribution is 0.102. The first-order chi connectivity index (χ1) is 8.63. The molecule has 1 amide bonds. The van der Waals surface area contributed by atoms with E-state index in [2.05, 4.69) is 5.32 Å². The summed E-state index contributed by atoms with van der Waals surface area (Å²) >= 11 is 1.23. The smallest absolute Gasteiger partial charge is 0.259 e. The molecule has 18 heavy (non-hydrogen) atoms. The molecule has 1 aromatic heterocycles. The van der Waals surface area contributed by atoms with E-state index >= 15 is 0 Å². The first-order valence-electron chi connectivity index (χ1n) is 5.17. The Bertz CT molecular complexity index is 643. The van der Waals surface area contributed by atoms with E-state index in [1.54, 1.807) is 30.5 Å². The lowest BCUT2D eigenvalue weighted by Gasteiger charge is -2.06. The van der Waals surface area contributed by atoms with Gasteiger partial charge in [-0.25, -0.2) is 4.39 Å². The quantitative estimate of drug-likeness (QED) is 0.900. The molecule has 0 aliphatic rings. The van der Waals surface area contributed by atoms with Gasteiger partial charge in [-0.15, -0.1) is 11.3 Å². The molecule has 1 N–H and O–H groups in total. The maximum absolute atomic E-state index is 13.7. The third-order valence-corrected chi connectivity index (χ3v) is 3.28. The van der Waals surface area contributed by atoms with Crippen LogP contribution in [0.2, 0.25) is 0 Å². The number of nitrogens with one attached hydrogen (secondary N) is 1. The molecular formula is C13H9FN2OS. The average molecular weight is 260 g/mol. The highest BCUT2D eigenvalue weighted by molar-refractivity contribution is 7.14. The van der Waals surface area contributed by atoms with Gasteiger partial charge in [-0.2, -0.15) is 5.26 Å². The highest BCUT2D eigenvalue weighted by Crippen LogP contribution is 2.23. The summed E-state index contributed by atoms with van der Waals surface area (Å²) in [6, 6.07) is 8.19. The Morgan fingerprint density at radius 3 is 2.94 bits per heavy atom. The average Bonchev–Trinajstić information content (AvgIpc) is 2.79. The summed E-state index contributed by atoms with van der Waals surface area (Å²) in [5, 5.41) is 13.5. The predicted octanol–water partition coefficient (Wildman–Crippen LogP) is 3.32. The first kappa shape index (κ1) is 12.3. The van der Waals surface area contributed by atoms with Crippen LogP contribution in [0.1, 0.15) is 21.5 Å². The fourth-order valence-electron chi connectivity index (χ4n) is 1.49. The number of amides is 1. The minimum Gasteiger partial charge on any atom is -0.312 e. The Kier molecular flexibility index (Phi) is 3.40. The summed E-state index contributed by atoms with van der Waals surface area (Å²) in [6.07, 6.45) is 0. The number of rotatable bonds is 2. The van der Waals surface area contributed by atoms with Crippen molar-refractivity contribution in [3.8, 4) is 6.07 Å². The third-order valence-electron chi connectivity index (χ3n) is 2.45. The molecule has 1 heterocycles. The highest BCUT2D eigenvalue weighted by Gasteiger charge is 2.15. The lowest BCUT2D eigenvalue weighted by atomic mass is 10.1. The van der Waals surface area contributed by atoms with Crippen LogP contribution in [-0.2, 0) is 0 Å². The predicted molar refractivity (Wildman–Crippen MR) is 68.1 cm³/mol. The van der Waals surface area contributed by atoms with Crippen LogP contribution in [-0.4, -0.2) is 5.91 Å². The Morgan fingerprint density at radius 1 is 1.44 bits per heavy atom. The van der Waals surface area contributed by atoms with Gasteiger partial charge in [0.15, 0.2) is 0 Å². The van der Waals surface area contributed by atoms with Crippen LogP contribution in [0, 0.1) is 24.1 Å². The first-order valence-corrected chi connectivity index (χ1v) is 6.05. The van der Waals surface area contributed by atoms with Gasteiger partial charge in [-0.3, -0.25) is 4.79 Å². The van der Waals surface area contributed by atoms with Crippen LogP contribution in [0.4, 0.5) is 9.39 Å². The van der Waals surface area contributed by atoms with Crippen LogP contribution in [0.5, 0.6) is 0 Å². The van der Waals surface area contributed by atoms with E-state index in [4.69, 9.17) is 5.26 Å². The van der Waals surface area contributed by atoms with Crippen molar-refractivity contribution in [2.45, 2.75) is 6.92 Å². The Hall–Kier alpha value is -2.19. The monoisotopic (exact) mass is 260 g/mol. The minimum atomic E-state index is -0.546.